The SMILES string of the molecule is CC(CN1CC2(CCN(Cc3ncc[nH]3)CC2)OC1=O)c1ccccc1. The molecule has 6 heteroatoms. The molecule has 1 atom stereocenters. The lowest BCUT2D eigenvalue weighted by Gasteiger charge is -2.37. The van der Waals surface area contributed by atoms with Gasteiger partial charge in [-0.25, -0.2) is 9.78 Å². The lowest BCUT2D eigenvalue weighted by molar-refractivity contribution is -0.00175. The maximum atomic E-state index is 12.4. The number of carbonyl (C=O) groups is 1. The number of benzene rings is 1. The molecule has 0 radical (unpaired) electrons. The fourth-order valence-corrected chi connectivity index (χ4v) is 4.03. The number of hydrogen-bond donors (Lipinski definition) is 1. The molecule has 1 spiro atoms. The monoisotopic (exact) mass is 354 g/mol. The summed E-state index contributed by atoms with van der Waals surface area (Å²) in [4.78, 5) is 24.1. The van der Waals surface area contributed by atoms with Gasteiger partial charge in [0.05, 0.1) is 13.1 Å². The zero-order chi connectivity index (χ0) is 18.0. The van der Waals surface area contributed by atoms with Crippen molar-refractivity contribution in [1.29, 1.82) is 0 Å². The highest BCUT2D eigenvalue weighted by Crippen LogP contribution is 2.34. The highest BCUT2D eigenvalue weighted by Gasteiger charge is 2.47. The Kier molecular flexibility index (Phi) is 4.68. The molecule has 26 heavy (non-hydrogen) atoms. The number of hydrogen-bond acceptors (Lipinski definition) is 4. The van der Waals surface area contributed by atoms with Gasteiger partial charge >= 0.3 is 6.09 Å². The third-order valence-electron chi connectivity index (χ3n) is 5.60. The average Bonchev–Trinajstić information content (AvgIpc) is 3.26. The van der Waals surface area contributed by atoms with Gasteiger partial charge in [0.1, 0.15) is 11.4 Å². The number of H-pyrrole nitrogens is 1. The first kappa shape index (κ1) is 17.1. The highest BCUT2D eigenvalue weighted by atomic mass is 16.6. The Morgan fingerprint density at radius 2 is 2.04 bits per heavy atom. The maximum absolute atomic E-state index is 12.4. The number of aromatic amines is 1. The van der Waals surface area contributed by atoms with E-state index in [4.69, 9.17) is 4.74 Å². The van der Waals surface area contributed by atoms with E-state index in [1.807, 2.05) is 29.3 Å². The van der Waals surface area contributed by atoms with Gasteiger partial charge in [-0.15, -0.1) is 0 Å². The molecule has 0 bridgehead atoms. The minimum absolute atomic E-state index is 0.160. The Bertz CT molecular complexity index is 724. The van der Waals surface area contributed by atoms with Crippen molar-refractivity contribution in [1.82, 2.24) is 19.8 Å². The van der Waals surface area contributed by atoms with Crippen LogP contribution in [0.5, 0.6) is 0 Å². The van der Waals surface area contributed by atoms with Crippen molar-refractivity contribution in [2.75, 3.05) is 26.2 Å². The third kappa shape index (κ3) is 3.60. The summed E-state index contributed by atoms with van der Waals surface area (Å²) in [6.07, 6.45) is 5.24. The Hall–Kier alpha value is -2.34. The van der Waals surface area contributed by atoms with Crippen molar-refractivity contribution in [3.63, 3.8) is 0 Å². The standard InChI is InChI=1S/C20H26N4O2/c1-16(17-5-3-2-4-6-17)13-24-15-20(26-19(24)25)7-11-23(12-8-20)14-18-21-9-10-22-18/h2-6,9-10,16H,7-8,11-15H2,1H3,(H,21,22). The van der Waals surface area contributed by atoms with Crippen molar-refractivity contribution in [3.05, 3.63) is 54.1 Å². The molecular formula is C20H26N4O2. The van der Waals surface area contributed by atoms with Gasteiger partial charge in [0, 0.05) is 44.9 Å². The predicted molar refractivity (Wildman–Crippen MR) is 98.7 cm³/mol. The van der Waals surface area contributed by atoms with Gasteiger partial charge in [0.15, 0.2) is 0 Å². The van der Waals surface area contributed by atoms with Crippen LogP contribution in [-0.4, -0.2) is 57.6 Å². The predicted octanol–water partition coefficient (Wildman–Crippen LogP) is 3.00. The molecule has 2 aliphatic rings. The average molecular weight is 354 g/mol. The topological polar surface area (TPSA) is 61.5 Å². The third-order valence-corrected chi connectivity index (χ3v) is 5.60. The van der Waals surface area contributed by atoms with Gasteiger partial charge in [-0.3, -0.25) is 4.90 Å². The summed E-state index contributed by atoms with van der Waals surface area (Å²) in [6, 6.07) is 10.4. The largest absolute Gasteiger partial charge is 0.441 e. The van der Waals surface area contributed by atoms with Crippen LogP contribution in [0.25, 0.3) is 0 Å². The molecule has 0 saturated carbocycles. The van der Waals surface area contributed by atoms with E-state index in [9.17, 15) is 4.79 Å². The number of carbonyl (C=O) groups excluding carboxylic acids is 1. The Labute approximate surface area is 154 Å². The quantitative estimate of drug-likeness (QED) is 0.897. The van der Waals surface area contributed by atoms with Crippen molar-refractivity contribution in [2.45, 2.75) is 37.8 Å². The Morgan fingerprint density at radius 1 is 1.27 bits per heavy atom. The number of imidazole rings is 1. The van der Waals surface area contributed by atoms with Crippen molar-refractivity contribution in [3.8, 4) is 0 Å². The first-order valence-electron chi connectivity index (χ1n) is 9.37. The Balaban J connectivity index is 1.33. The number of nitrogens with zero attached hydrogens (tertiary/aromatic N) is 3. The van der Waals surface area contributed by atoms with Crippen LogP contribution in [0.15, 0.2) is 42.7 Å². The van der Waals surface area contributed by atoms with Crippen LogP contribution in [0.1, 0.15) is 37.1 Å². The lowest BCUT2D eigenvalue weighted by atomic mass is 9.91. The Morgan fingerprint density at radius 3 is 2.73 bits per heavy atom. The zero-order valence-electron chi connectivity index (χ0n) is 15.2. The lowest BCUT2D eigenvalue weighted by Crippen LogP contribution is -2.46. The molecule has 1 aromatic heterocycles. The van der Waals surface area contributed by atoms with Gasteiger partial charge in [-0.1, -0.05) is 37.3 Å². The van der Waals surface area contributed by atoms with E-state index in [-0.39, 0.29) is 11.7 Å². The summed E-state index contributed by atoms with van der Waals surface area (Å²) in [7, 11) is 0. The first-order valence-corrected chi connectivity index (χ1v) is 9.37. The molecule has 4 rings (SSSR count). The second kappa shape index (κ2) is 7.11. The van der Waals surface area contributed by atoms with Gasteiger partial charge in [0.2, 0.25) is 0 Å². The van der Waals surface area contributed by atoms with E-state index in [0.717, 1.165) is 38.3 Å². The second-order valence-corrected chi connectivity index (χ2v) is 7.56. The number of nitrogens with one attached hydrogen (secondary N) is 1. The summed E-state index contributed by atoms with van der Waals surface area (Å²) in [6.45, 7) is 6.26. The molecule has 1 N–H and O–H groups in total. The van der Waals surface area contributed by atoms with E-state index in [0.29, 0.717) is 19.0 Å². The first-order chi connectivity index (χ1) is 12.6. The van der Waals surface area contributed by atoms with Crippen LogP contribution in [-0.2, 0) is 11.3 Å². The van der Waals surface area contributed by atoms with E-state index < -0.39 is 0 Å². The molecule has 1 unspecified atom stereocenters. The van der Waals surface area contributed by atoms with Crippen LogP contribution in [0, 0.1) is 0 Å². The molecule has 138 valence electrons. The van der Waals surface area contributed by atoms with E-state index in [1.165, 1.54) is 5.56 Å². The number of likely N-dealkylation sites (tertiary alicyclic amines) is 1. The van der Waals surface area contributed by atoms with Gasteiger partial charge in [0.25, 0.3) is 0 Å². The number of piperidine rings is 1. The van der Waals surface area contributed by atoms with Crippen LogP contribution >= 0.6 is 0 Å². The molecule has 3 heterocycles. The fraction of sp³-hybridized carbons (Fsp3) is 0.500. The molecule has 0 aliphatic carbocycles. The fourth-order valence-electron chi connectivity index (χ4n) is 4.03. The van der Waals surface area contributed by atoms with Gasteiger partial charge < -0.3 is 14.6 Å². The normalized spacial score (nSPS) is 21.1. The molecule has 2 aromatic rings. The summed E-state index contributed by atoms with van der Waals surface area (Å²) in [5.74, 6) is 1.29. The maximum Gasteiger partial charge on any atom is 0.410 e. The van der Waals surface area contributed by atoms with Crippen molar-refractivity contribution < 1.29 is 9.53 Å². The van der Waals surface area contributed by atoms with E-state index in [1.54, 1.807) is 6.20 Å². The molecule has 1 aromatic carbocycles. The minimum atomic E-state index is -0.312. The number of amides is 1. The van der Waals surface area contributed by atoms with Gasteiger partial charge in [-0.05, 0) is 11.5 Å². The number of rotatable bonds is 5. The summed E-state index contributed by atoms with van der Waals surface area (Å²) in [5.41, 5.74) is 0.946. The summed E-state index contributed by atoms with van der Waals surface area (Å²) >= 11 is 0. The van der Waals surface area contributed by atoms with Crippen LogP contribution in [0.4, 0.5) is 4.79 Å². The molecule has 2 saturated heterocycles. The van der Waals surface area contributed by atoms with Crippen LogP contribution < -0.4 is 0 Å². The van der Waals surface area contributed by atoms with Crippen LogP contribution in [0.3, 0.4) is 0 Å². The number of aromatic nitrogens is 2. The van der Waals surface area contributed by atoms with Crippen LogP contribution in [0.2, 0.25) is 0 Å². The van der Waals surface area contributed by atoms with E-state index in [2.05, 4.69) is 33.9 Å². The van der Waals surface area contributed by atoms with E-state index >= 15 is 0 Å². The molecule has 6 nitrogen and oxygen atoms in total. The highest BCUT2D eigenvalue weighted by molar-refractivity contribution is 5.70. The smallest absolute Gasteiger partial charge is 0.410 e. The zero-order valence-corrected chi connectivity index (χ0v) is 15.2. The molecule has 2 fully saturated rings. The van der Waals surface area contributed by atoms with Gasteiger partial charge in [-0.2, -0.15) is 0 Å². The summed E-state index contributed by atoms with van der Waals surface area (Å²) < 4.78 is 5.86. The summed E-state index contributed by atoms with van der Waals surface area (Å²) in [5, 5.41) is 0. The minimum Gasteiger partial charge on any atom is -0.441 e. The molecule has 1 amide bonds. The van der Waals surface area contributed by atoms with Crippen molar-refractivity contribution in [2.24, 2.45) is 0 Å². The molecule has 2 aliphatic heterocycles. The number of ether oxygens (including phenoxy) is 1. The second-order valence-electron chi connectivity index (χ2n) is 7.56. The van der Waals surface area contributed by atoms with Crippen molar-refractivity contribution >= 4 is 6.09 Å². The molecular weight excluding hydrogens is 328 g/mol.